The van der Waals surface area contributed by atoms with Gasteiger partial charge in [-0.25, -0.2) is 0 Å². The Morgan fingerprint density at radius 2 is 1.86 bits per heavy atom. The summed E-state index contributed by atoms with van der Waals surface area (Å²) < 4.78 is 0. The van der Waals surface area contributed by atoms with Gasteiger partial charge in [0.05, 0.1) is 6.04 Å². The summed E-state index contributed by atoms with van der Waals surface area (Å²) in [4.78, 5) is 12.1. The van der Waals surface area contributed by atoms with Crippen LogP contribution in [0.2, 0.25) is 5.02 Å². The van der Waals surface area contributed by atoms with Crippen LogP contribution in [-0.4, -0.2) is 5.91 Å². The Morgan fingerprint density at radius 1 is 1.14 bits per heavy atom. The summed E-state index contributed by atoms with van der Waals surface area (Å²) in [5.74, 6) is 0.0469. The minimum absolute atomic E-state index is 0.0121. The maximum Gasteiger partial charge on any atom is 0.220 e. The molecule has 0 radical (unpaired) electrons. The summed E-state index contributed by atoms with van der Waals surface area (Å²) in [6, 6.07) is 14.0. The summed E-state index contributed by atoms with van der Waals surface area (Å²) in [6.07, 6.45) is 1.10. The van der Waals surface area contributed by atoms with Crippen molar-refractivity contribution in [2.75, 3.05) is 0 Å². The van der Waals surface area contributed by atoms with Gasteiger partial charge in [-0.1, -0.05) is 48.0 Å². The summed E-state index contributed by atoms with van der Waals surface area (Å²) in [7, 11) is 0. The number of hydrogen-bond donors (Lipinski definition) is 1. The van der Waals surface area contributed by atoms with Gasteiger partial charge in [0.25, 0.3) is 0 Å². The van der Waals surface area contributed by atoms with Crippen molar-refractivity contribution in [2.45, 2.75) is 39.7 Å². The number of nitrogens with one attached hydrogen (secondary N) is 1. The molecule has 1 N–H and O–H groups in total. The van der Waals surface area contributed by atoms with Crippen LogP contribution >= 0.6 is 11.6 Å². The van der Waals surface area contributed by atoms with E-state index < -0.39 is 0 Å². The second kappa shape index (κ2) is 7.46. The molecule has 2 nitrogen and oxygen atoms in total. The zero-order chi connectivity index (χ0) is 16.1. The number of aryl methyl sites for hydroxylation is 3. The van der Waals surface area contributed by atoms with E-state index >= 15 is 0 Å². The molecule has 3 heteroatoms. The third kappa shape index (κ3) is 4.35. The zero-order valence-corrected chi connectivity index (χ0v) is 14.1. The van der Waals surface area contributed by atoms with Gasteiger partial charge in [0.2, 0.25) is 5.91 Å². The highest BCUT2D eigenvalue weighted by Gasteiger charge is 2.11. The molecular weight excluding hydrogens is 294 g/mol. The Bertz CT molecular complexity index is 666. The zero-order valence-electron chi connectivity index (χ0n) is 13.3. The minimum Gasteiger partial charge on any atom is -0.350 e. The first kappa shape index (κ1) is 16.6. The highest BCUT2D eigenvalue weighted by Crippen LogP contribution is 2.18. The molecule has 0 fully saturated rings. The van der Waals surface area contributed by atoms with Gasteiger partial charge >= 0.3 is 0 Å². The standard InChI is InChI=1S/C19H22ClNO/c1-13-8-9-17(12-14(13)2)15(3)21-19(22)11-10-16-6-4-5-7-18(16)20/h4-9,12,15H,10-11H2,1-3H3,(H,21,22)/t15-/m0/s1. The average Bonchev–Trinajstić information content (AvgIpc) is 2.49. The lowest BCUT2D eigenvalue weighted by Gasteiger charge is -2.16. The van der Waals surface area contributed by atoms with E-state index in [0.717, 1.165) is 16.1 Å². The van der Waals surface area contributed by atoms with E-state index in [1.165, 1.54) is 11.1 Å². The van der Waals surface area contributed by atoms with Crippen LogP contribution in [0.3, 0.4) is 0 Å². The molecule has 2 rings (SSSR count). The summed E-state index contributed by atoms with van der Waals surface area (Å²) in [6.45, 7) is 6.19. The van der Waals surface area contributed by atoms with Crippen molar-refractivity contribution in [2.24, 2.45) is 0 Å². The maximum atomic E-state index is 12.1. The quantitative estimate of drug-likeness (QED) is 0.846. The van der Waals surface area contributed by atoms with E-state index in [-0.39, 0.29) is 11.9 Å². The van der Waals surface area contributed by atoms with Crippen LogP contribution in [0.1, 0.15) is 41.6 Å². The van der Waals surface area contributed by atoms with Crippen molar-refractivity contribution in [1.82, 2.24) is 5.32 Å². The normalized spacial score (nSPS) is 12.0. The highest BCUT2D eigenvalue weighted by molar-refractivity contribution is 6.31. The van der Waals surface area contributed by atoms with Gasteiger partial charge in [0.15, 0.2) is 0 Å². The van der Waals surface area contributed by atoms with E-state index in [1.54, 1.807) is 0 Å². The first-order valence-electron chi connectivity index (χ1n) is 7.57. The molecular formula is C19H22ClNO. The number of halogens is 1. The molecule has 0 bridgehead atoms. The lowest BCUT2D eigenvalue weighted by Crippen LogP contribution is -2.26. The number of rotatable bonds is 5. The number of amides is 1. The fourth-order valence-corrected chi connectivity index (χ4v) is 2.61. The van der Waals surface area contributed by atoms with Gasteiger partial charge < -0.3 is 5.32 Å². The Hall–Kier alpha value is -1.80. The van der Waals surface area contributed by atoms with Crippen molar-refractivity contribution >= 4 is 17.5 Å². The predicted molar refractivity (Wildman–Crippen MR) is 92.2 cm³/mol. The molecule has 2 aromatic rings. The molecule has 0 unspecified atom stereocenters. The number of carbonyl (C=O) groups is 1. The Kier molecular flexibility index (Phi) is 5.62. The molecule has 0 aliphatic carbocycles. The van der Waals surface area contributed by atoms with E-state index in [4.69, 9.17) is 11.6 Å². The lowest BCUT2D eigenvalue weighted by molar-refractivity contribution is -0.121. The Balaban J connectivity index is 1.91. The monoisotopic (exact) mass is 315 g/mol. The van der Waals surface area contributed by atoms with Gasteiger partial charge in [-0.05, 0) is 55.5 Å². The maximum absolute atomic E-state index is 12.1. The van der Waals surface area contributed by atoms with Crippen molar-refractivity contribution in [3.05, 3.63) is 69.7 Å². The molecule has 116 valence electrons. The minimum atomic E-state index is 0.0121. The van der Waals surface area contributed by atoms with E-state index in [1.807, 2.05) is 31.2 Å². The van der Waals surface area contributed by atoms with Gasteiger partial charge in [-0.15, -0.1) is 0 Å². The smallest absolute Gasteiger partial charge is 0.220 e. The van der Waals surface area contributed by atoms with Crippen LogP contribution in [-0.2, 0) is 11.2 Å². The number of hydrogen-bond acceptors (Lipinski definition) is 1. The number of benzene rings is 2. The molecule has 0 aliphatic rings. The average molecular weight is 316 g/mol. The molecule has 0 aromatic heterocycles. The van der Waals surface area contributed by atoms with E-state index in [2.05, 4.69) is 37.4 Å². The summed E-state index contributed by atoms with van der Waals surface area (Å²) in [5.41, 5.74) is 4.66. The molecule has 2 aromatic carbocycles. The fourth-order valence-electron chi connectivity index (χ4n) is 2.38. The van der Waals surface area contributed by atoms with E-state index in [9.17, 15) is 4.79 Å². The second-order valence-electron chi connectivity index (χ2n) is 5.72. The van der Waals surface area contributed by atoms with Crippen molar-refractivity contribution < 1.29 is 4.79 Å². The second-order valence-corrected chi connectivity index (χ2v) is 6.13. The highest BCUT2D eigenvalue weighted by atomic mass is 35.5. The molecule has 0 aliphatic heterocycles. The lowest BCUT2D eigenvalue weighted by atomic mass is 10.0. The first-order chi connectivity index (χ1) is 10.5. The van der Waals surface area contributed by atoms with Crippen LogP contribution in [0, 0.1) is 13.8 Å². The van der Waals surface area contributed by atoms with Crippen LogP contribution < -0.4 is 5.32 Å². The molecule has 1 atom stereocenters. The van der Waals surface area contributed by atoms with Crippen LogP contribution in [0.25, 0.3) is 0 Å². The third-order valence-corrected chi connectivity index (χ3v) is 4.36. The Morgan fingerprint density at radius 3 is 2.55 bits per heavy atom. The van der Waals surface area contributed by atoms with Gasteiger partial charge in [-0.2, -0.15) is 0 Å². The van der Waals surface area contributed by atoms with E-state index in [0.29, 0.717) is 12.8 Å². The number of carbonyl (C=O) groups excluding carboxylic acids is 1. The topological polar surface area (TPSA) is 29.1 Å². The van der Waals surface area contributed by atoms with Gasteiger partial charge in [0.1, 0.15) is 0 Å². The van der Waals surface area contributed by atoms with Crippen LogP contribution in [0.5, 0.6) is 0 Å². The molecule has 0 heterocycles. The third-order valence-electron chi connectivity index (χ3n) is 3.99. The van der Waals surface area contributed by atoms with Crippen LogP contribution in [0.4, 0.5) is 0 Å². The van der Waals surface area contributed by atoms with Gasteiger partial charge in [0, 0.05) is 11.4 Å². The van der Waals surface area contributed by atoms with Gasteiger partial charge in [-0.3, -0.25) is 4.79 Å². The molecule has 0 saturated carbocycles. The van der Waals surface area contributed by atoms with Crippen molar-refractivity contribution in [3.63, 3.8) is 0 Å². The molecule has 0 saturated heterocycles. The first-order valence-corrected chi connectivity index (χ1v) is 7.95. The molecule has 1 amide bonds. The SMILES string of the molecule is Cc1ccc([C@H](C)NC(=O)CCc2ccccc2Cl)cc1C. The molecule has 0 spiro atoms. The predicted octanol–water partition coefficient (Wildman–Crippen LogP) is 4.77. The van der Waals surface area contributed by atoms with Crippen molar-refractivity contribution in [3.8, 4) is 0 Å². The van der Waals surface area contributed by atoms with Crippen molar-refractivity contribution in [1.29, 1.82) is 0 Å². The molecule has 22 heavy (non-hydrogen) atoms. The summed E-state index contributed by atoms with van der Waals surface area (Å²) >= 11 is 6.11. The summed E-state index contributed by atoms with van der Waals surface area (Å²) in [5, 5.41) is 3.77. The van der Waals surface area contributed by atoms with Crippen LogP contribution in [0.15, 0.2) is 42.5 Å². The Labute approximate surface area is 137 Å². The fraction of sp³-hybridized carbons (Fsp3) is 0.316. The largest absolute Gasteiger partial charge is 0.350 e.